The Bertz CT molecular complexity index is 308. The van der Waals surface area contributed by atoms with E-state index in [-0.39, 0.29) is 0 Å². The maximum atomic E-state index is 5.78. The van der Waals surface area contributed by atoms with E-state index in [0.717, 1.165) is 24.3 Å². The van der Waals surface area contributed by atoms with E-state index in [1.54, 1.807) is 6.20 Å². The van der Waals surface area contributed by atoms with Gasteiger partial charge in [0.05, 0.1) is 0 Å². The highest BCUT2D eigenvalue weighted by Crippen LogP contribution is 2.25. The van der Waals surface area contributed by atoms with Crippen molar-refractivity contribution in [1.29, 1.82) is 0 Å². The first kappa shape index (κ1) is 9.46. The molecule has 0 bridgehead atoms. The van der Waals surface area contributed by atoms with Crippen LogP contribution < -0.4 is 10.1 Å². The number of nitrogens with one attached hydrogen (secondary N) is 1. The highest BCUT2D eigenvalue weighted by Gasteiger charge is 2.29. The van der Waals surface area contributed by atoms with Gasteiger partial charge in [-0.05, 0) is 32.9 Å². The quantitative estimate of drug-likeness (QED) is 0.788. The lowest BCUT2D eigenvalue weighted by molar-refractivity contribution is 0.0883. The lowest BCUT2D eigenvalue weighted by atomic mass is 9.89. The molecular weight excluding hydrogens is 176 g/mol. The molecule has 1 fully saturated rings. The summed E-state index contributed by atoms with van der Waals surface area (Å²) < 4.78 is 5.78. The van der Waals surface area contributed by atoms with Gasteiger partial charge in [-0.3, -0.25) is 4.98 Å². The number of aromatic nitrogens is 1. The number of aryl methyl sites for hydroxylation is 1. The summed E-state index contributed by atoms with van der Waals surface area (Å²) in [5.41, 5.74) is 1.01. The average Bonchev–Trinajstić information content (AvgIpc) is 2.10. The van der Waals surface area contributed by atoms with E-state index in [2.05, 4.69) is 10.3 Å². The summed E-state index contributed by atoms with van der Waals surface area (Å²) >= 11 is 0. The summed E-state index contributed by atoms with van der Waals surface area (Å²) in [5.74, 6) is 0.942. The van der Waals surface area contributed by atoms with Crippen LogP contribution in [0.5, 0.6) is 5.75 Å². The first-order valence-electron chi connectivity index (χ1n) is 5.04. The molecule has 0 aliphatic heterocycles. The molecule has 0 radical (unpaired) electrons. The van der Waals surface area contributed by atoms with Crippen LogP contribution in [0, 0.1) is 6.92 Å². The molecule has 1 aliphatic carbocycles. The van der Waals surface area contributed by atoms with Gasteiger partial charge in [-0.1, -0.05) is 0 Å². The lowest BCUT2D eigenvalue weighted by Crippen LogP contribution is -2.45. The van der Waals surface area contributed by atoms with Crippen LogP contribution in [0.2, 0.25) is 0 Å². The maximum absolute atomic E-state index is 5.78. The minimum Gasteiger partial charge on any atom is -0.490 e. The monoisotopic (exact) mass is 192 g/mol. The maximum Gasteiger partial charge on any atom is 0.123 e. The first-order chi connectivity index (χ1) is 6.78. The zero-order valence-electron chi connectivity index (χ0n) is 8.66. The van der Waals surface area contributed by atoms with Crippen molar-refractivity contribution in [3.8, 4) is 5.75 Å². The summed E-state index contributed by atoms with van der Waals surface area (Å²) in [7, 11) is 2.00. The second kappa shape index (κ2) is 3.96. The van der Waals surface area contributed by atoms with Crippen LogP contribution in [0.3, 0.4) is 0 Å². The van der Waals surface area contributed by atoms with Crippen LogP contribution in [-0.4, -0.2) is 24.2 Å². The molecule has 0 amide bonds. The highest BCUT2D eigenvalue weighted by atomic mass is 16.5. The van der Waals surface area contributed by atoms with E-state index < -0.39 is 0 Å². The highest BCUT2D eigenvalue weighted by molar-refractivity contribution is 5.22. The topological polar surface area (TPSA) is 34.1 Å². The van der Waals surface area contributed by atoms with Crippen molar-refractivity contribution in [2.75, 3.05) is 7.05 Å². The molecule has 3 heteroatoms. The van der Waals surface area contributed by atoms with Crippen molar-refractivity contribution >= 4 is 0 Å². The molecule has 1 aromatic heterocycles. The third-order valence-electron chi connectivity index (χ3n) is 2.67. The van der Waals surface area contributed by atoms with Gasteiger partial charge in [-0.2, -0.15) is 0 Å². The molecule has 0 saturated heterocycles. The molecule has 0 spiro atoms. The van der Waals surface area contributed by atoms with Crippen LogP contribution in [0.1, 0.15) is 18.5 Å². The van der Waals surface area contributed by atoms with E-state index in [1.807, 2.05) is 26.1 Å². The second-order valence-corrected chi connectivity index (χ2v) is 3.83. The zero-order valence-corrected chi connectivity index (χ0v) is 8.66. The van der Waals surface area contributed by atoms with Crippen LogP contribution >= 0.6 is 0 Å². The Balaban J connectivity index is 1.87. The van der Waals surface area contributed by atoms with Gasteiger partial charge in [-0.15, -0.1) is 0 Å². The van der Waals surface area contributed by atoms with E-state index in [4.69, 9.17) is 4.74 Å². The third-order valence-corrected chi connectivity index (χ3v) is 2.67. The number of hydrogen-bond donors (Lipinski definition) is 1. The number of hydrogen-bond acceptors (Lipinski definition) is 3. The Morgan fingerprint density at radius 3 is 2.93 bits per heavy atom. The summed E-state index contributed by atoms with van der Waals surface area (Å²) in [4.78, 5) is 4.13. The van der Waals surface area contributed by atoms with Crippen LogP contribution in [0.15, 0.2) is 18.3 Å². The lowest BCUT2D eigenvalue weighted by Gasteiger charge is -2.35. The molecule has 0 aromatic carbocycles. The zero-order chi connectivity index (χ0) is 9.97. The van der Waals surface area contributed by atoms with Crippen molar-refractivity contribution in [3.63, 3.8) is 0 Å². The Kier molecular flexibility index (Phi) is 2.68. The summed E-state index contributed by atoms with van der Waals surface area (Å²) in [5, 5.41) is 3.24. The van der Waals surface area contributed by atoms with Gasteiger partial charge < -0.3 is 10.1 Å². The van der Waals surface area contributed by atoms with Gasteiger partial charge in [0.1, 0.15) is 11.9 Å². The Morgan fingerprint density at radius 1 is 1.50 bits per heavy atom. The summed E-state index contributed by atoms with van der Waals surface area (Å²) in [6, 6.07) is 4.54. The molecule has 2 rings (SSSR count). The largest absolute Gasteiger partial charge is 0.490 e. The molecule has 3 nitrogen and oxygen atoms in total. The van der Waals surface area contributed by atoms with Gasteiger partial charge in [-0.25, -0.2) is 0 Å². The molecule has 1 aliphatic rings. The predicted octanol–water partition coefficient (Wildman–Crippen LogP) is 1.52. The van der Waals surface area contributed by atoms with Gasteiger partial charge in [0.15, 0.2) is 0 Å². The smallest absolute Gasteiger partial charge is 0.123 e. The van der Waals surface area contributed by atoms with Crippen molar-refractivity contribution in [1.82, 2.24) is 10.3 Å². The fourth-order valence-corrected chi connectivity index (χ4v) is 1.68. The molecule has 0 atom stereocenters. The molecule has 1 saturated carbocycles. The first-order valence-corrected chi connectivity index (χ1v) is 5.04. The Labute approximate surface area is 84.5 Å². The van der Waals surface area contributed by atoms with Crippen molar-refractivity contribution < 1.29 is 4.74 Å². The minimum absolute atomic E-state index is 0.384. The molecule has 1 N–H and O–H groups in total. The van der Waals surface area contributed by atoms with E-state index in [9.17, 15) is 0 Å². The predicted molar refractivity (Wildman–Crippen MR) is 55.5 cm³/mol. The molecule has 14 heavy (non-hydrogen) atoms. The van der Waals surface area contributed by atoms with Gasteiger partial charge in [0.25, 0.3) is 0 Å². The molecule has 76 valence electrons. The van der Waals surface area contributed by atoms with Crippen LogP contribution in [-0.2, 0) is 0 Å². The SMILES string of the molecule is CNC1CC(Oc2ccnc(C)c2)C1. The van der Waals surface area contributed by atoms with Gasteiger partial charge in [0, 0.05) is 24.0 Å². The number of ether oxygens (including phenoxy) is 1. The van der Waals surface area contributed by atoms with Gasteiger partial charge in [0.2, 0.25) is 0 Å². The van der Waals surface area contributed by atoms with E-state index in [1.165, 1.54) is 0 Å². The van der Waals surface area contributed by atoms with Crippen molar-refractivity contribution in [2.24, 2.45) is 0 Å². The van der Waals surface area contributed by atoms with Gasteiger partial charge >= 0.3 is 0 Å². The number of nitrogens with zero attached hydrogens (tertiary/aromatic N) is 1. The van der Waals surface area contributed by atoms with Crippen molar-refractivity contribution in [3.05, 3.63) is 24.0 Å². The molecule has 0 unspecified atom stereocenters. The van der Waals surface area contributed by atoms with E-state index >= 15 is 0 Å². The standard InChI is InChI=1S/C11H16N2O/c1-8-5-10(3-4-13-8)14-11-6-9(7-11)12-2/h3-5,9,11-12H,6-7H2,1-2H3. The fraction of sp³-hybridized carbons (Fsp3) is 0.545. The Hall–Kier alpha value is -1.09. The van der Waals surface area contributed by atoms with Crippen LogP contribution in [0.4, 0.5) is 0 Å². The molecular formula is C11H16N2O. The third kappa shape index (κ3) is 2.04. The van der Waals surface area contributed by atoms with Crippen LogP contribution in [0.25, 0.3) is 0 Å². The average molecular weight is 192 g/mol. The molecule has 1 aromatic rings. The van der Waals surface area contributed by atoms with E-state index in [0.29, 0.717) is 12.1 Å². The Morgan fingerprint density at radius 2 is 2.29 bits per heavy atom. The van der Waals surface area contributed by atoms with Crippen molar-refractivity contribution in [2.45, 2.75) is 31.9 Å². The normalized spacial score (nSPS) is 25.6. The molecule has 1 heterocycles. The summed E-state index contributed by atoms with van der Waals surface area (Å²) in [6.45, 7) is 1.98. The fourth-order valence-electron chi connectivity index (χ4n) is 1.68. The number of rotatable bonds is 3. The summed E-state index contributed by atoms with van der Waals surface area (Å²) in [6.07, 6.45) is 4.39. The second-order valence-electron chi connectivity index (χ2n) is 3.83. The number of pyridine rings is 1. The minimum atomic E-state index is 0.384.